The average Bonchev–Trinajstić information content (AvgIpc) is 3.57. The van der Waals surface area contributed by atoms with Gasteiger partial charge in [0.2, 0.25) is 5.95 Å². The monoisotopic (exact) mass is 517 g/mol. The first-order valence-electron chi connectivity index (χ1n) is 12.0. The van der Waals surface area contributed by atoms with Crippen LogP contribution in [-0.4, -0.2) is 63.3 Å². The Balaban J connectivity index is 1.26. The second-order valence-corrected chi connectivity index (χ2v) is 10.4. The maximum absolute atomic E-state index is 13.3. The van der Waals surface area contributed by atoms with Gasteiger partial charge in [-0.3, -0.25) is 5.41 Å². The number of amidine groups is 1. The van der Waals surface area contributed by atoms with Gasteiger partial charge in [-0.1, -0.05) is 12.1 Å². The third-order valence-electron chi connectivity index (χ3n) is 6.60. The lowest BCUT2D eigenvalue weighted by atomic mass is 9.90. The van der Waals surface area contributed by atoms with Crippen molar-refractivity contribution in [2.24, 2.45) is 4.99 Å². The lowest BCUT2D eigenvalue weighted by Gasteiger charge is -2.36. The number of aromatic amines is 1. The zero-order chi connectivity index (χ0) is 26.0. The number of aromatic nitrogens is 3. The second kappa shape index (κ2) is 10.2. The SMILES string of the molecule is Cc1ccc(-c2c[nH]c(/C(=N\C=N)N3CCN(c4ncc([C@@](C)(O)c5ccc(F)cc5)cn4)CC3)c2)s1. The fourth-order valence-corrected chi connectivity index (χ4v) is 5.29. The summed E-state index contributed by atoms with van der Waals surface area (Å²) in [6.07, 6.45) is 6.29. The molecule has 0 spiro atoms. The molecule has 190 valence electrons. The Morgan fingerprint density at radius 3 is 2.43 bits per heavy atom. The molecule has 1 aliphatic heterocycles. The van der Waals surface area contributed by atoms with Gasteiger partial charge in [0.25, 0.3) is 0 Å². The van der Waals surface area contributed by atoms with Crippen LogP contribution in [0.25, 0.3) is 10.4 Å². The molecule has 10 heteroatoms. The first-order valence-corrected chi connectivity index (χ1v) is 12.8. The number of nitrogens with zero attached hydrogens (tertiary/aromatic N) is 5. The topological polar surface area (TPSA) is 104 Å². The number of aryl methyl sites for hydroxylation is 1. The third-order valence-corrected chi connectivity index (χ3v) is 7.65. The van der Waals surface area contributed by atoms with Crippen LogP contribution >= 0.6 is 11.3 Å². The number of halogens is 1. The van der Waals surface area contributed by atoms with Gasteiger partial charge in [0, 0.05) is 65.7 Å². The number of aliphatic imine (C=N–C) groups is 1. The van der Waals surface area contributed by atoms with Crippen molar-refractivity contribution in [3.8, 4) is 10.4 Å². The Hall–Kier alpha value is -3.89. The van der Waals surface area contributed by atoms with Gasteiger partial charge < -0.3 is 19.9 Å². The van der Waals surface area contributed by atoms with Crippen molar-refractivity contribution in [2.45, 2.75) is 19.4 Å². The number of nitrogens with one attached hydrogen (secondary N) is 2. The summed E-state index contributed by atoms with van der Waals surface area (Å²) < 4.78 is 13.3. The maximum Gasteiger partial charge on any atom is 0.225 e. The Kier molecular flexibility index (Phi) is 6.86. The van der Waals surface area contributed by atoms with E-state index in [1.807, 2.05) is 6.20 Å². The van der Waals surface area contributed by atoms with Crippen LogP contribution in [0.3, 0.4) is 0 Å². The van der Waals surface area contributed by atoms with Crippen molar-refractivity contribution in [3.05, 3.63) is 88.6 Å². The van der Waals surface area contributed by atoms with E-state index in [1.165, 1.54) is 21.9 Å². The molecule has 0 saturated carbocycles. The van der Waals surface area contributed by atoms with Crippen LogP contribution < -0.4 is 4.90 Å². The molecule has 1 atom stereocenters. The highest BCUT2D eigenvalue weighted by Crippen LogP contribution is 2.30. The molecule has 4 heterocycles. The molecule has 0 unspecified atom stereocenters. The van der Waals surface area contributed by atoms with Gasteiger partial charge in [0.05, 0.1) is 5.69 Å². The van der Waals surface area contributed by atoms with Crippen LogP contribution in [0.5, 0.6) is 0 Å². The van der Waals surface area contributed by atoms with E-state index in [2.05, 4.69) is 54.9 Å². The summed E-state index contributed by atoms with van der Waals surface area (Å²) in [5, 5.41) is 18.6. The van der Waals surface area contributed by atoms with E-state index in [1.54, 1.807) is 42.8 Å². The number of benzene rings is 1. The number of thiophene rings is 1. The Labute approximate surface area is 218 Å². The highest BCUT2D eigenvalue weighted by molar-refractivity contribution is 7.15. The van der Waals surface area contributed by atoms with E-state index >= 15 is 0 Å². The molecular formula is C27H28FN7OS. The largest absolute Gasteiger partial charge is 0.381 e. The van der Waals surface area contributed by atoms with Gasteiger partial charge in [0.15, 0.2) is 5.84 Å². The predicted octanol–water partition coefficient (Wildman–Crippen LogP) is 4.41. The molecule has 1 saturated heterocycles. The zero-order valence-electron chi connectivity index (χ0n) is 20.6. The van der Waals surface area contributed by atoms with Crippen LogP contribution in [-0.2, 0) is 5.60 Å². The fourth-order valence-electron chi connectivity index (χ4n) is 4.43. The first-order chi connectivity index (χ1) is 17.8. The second-order valence-electron chi connectivity index (χ2n) is 9.12. The van der Waals surface area contributed by atoms with Gasteiger partial charge >= 0.3 is 0 Å². The minimum absolute atomic E-state index is 0.353. The van der Waals surface area contributed by atoms with Gasteiger partial charge in [-0.15, -0.1) is 11.3 Å². The molecule has 0 amide bonds. The number of H-pyrrole nitrogens is 1. The van der Waals surface area contributed by atoms with E-state index < -0.39 is 5.60 Å². The van der Waals surface area contributed by atoms with E-state index in [-0.39, 0.29) is 5.82 Å². The molecule has 0 bridgehead atoms. The summed E-state index contributed by atoms with van der Waals surface area (Å²) in [7, 11) is 0. The van der Waals surface area contributed by atoms with Crippen molar-refractivity contribution in [1.29, 1.82) is 5.41 Å². The van der Waals surface area contributed by atoms with Crippen LogP contribution in [0, 0.1) is 18.2 Å². The molecule has 4 aromatic rings. The van der Waals surface area contributed by atoms with Crippen LogP contribution in [0.4, 0.5) is 10.3 Å². The number of anilines is 1. The molecule has 8 nitrogen and oxygen atoms in total. The minimum atomic E-state index is -1.33. The molecule has 5 rings (SSSR count). The van der Waals surface area contributed by atoms with Gasteiger partial charge in [-0.25, -0.2) is 19.4 Å². The Morgan fingerprint density at radius 1 is 1.11 bits per heavy atom. The van der Waals surface area contributed by atoms with Gasteiger partial charge in [-0.2, -0.15) is 0 Å². The van der Waals surface area contributed by atoms with E-state index in [4.69, 9.17) is 5.41 Å². The third kappa shape index (κ3) is 5.16. The summed E-state index contributed by atoms with van der Waals surface area (Å²) in [6, 6.07) is 12.1. The fraction of sp³-hybridized carbons (Fsp3) is 0.259. The highest BCUT2D eigenvalue weighted by Gasteiger charge is 2.28. The molecule has 3 N–H and O–H groups in total. The van der Waals surface area contributed by atoms with Gasteiger partial charge in [-0.05, 0) is 49.7 Å². The summed E-state index contributed by atoms with van der Waals surface area (Å²) in [5.74, 6) is 0.966. The number of piperazine rings is 1. The summed E-state index contributed by atoms with van der Waals surface area (Å²) in [5.41, 5.74) is 1.75. The molecule has 0 radical (unpaired) electrons. The average molecular weight is 518 g/mol. The lowest BCUT2D eigenvalue weighted by Crippen LogP contribution is -2.49. The van der Waals surface area contributed by atoms with E-state index in [0.717, 1.165) is 23.4 Å². The molecular weight excluding hydrogens is 489 g/mol. The first kappa shape index (κ1) is 24.8. The standard InChI is InChI=1S/C27H28FN7OS/c1-18-3-8-24(37-18)19-13-23(30-14-19)25(33-17-29)34-9-11-35(12-10-34)26-31-15-21(16-32-26)27(2,36)20-4-6-22(28)7-5-20/h3-8,13-17,29-30,36H,9-12H2,1-2H3/b29-17?,33-25+/t27-/m0/s1. The van der Waals surface area contributed by atoms with Gasteiger partial charge in [0.1, 0.15) is 17.8 Å². The van der Waals surface area contributed by atoms with E-state index in [0.29, 0.717) is 43.3 Å². The van der Waals surface area contributed by atoms with Crippen molar-refractivity contribution in [3.63, 3.8) is 0 Å². The Bertz CT molecular complexity index is 1400. The molecule has 0 aliphatic carbocycles. The minimum Gasteiger partial charge on any atom is -0.381 e. The number of aliphatic hydroxyl groups is 1. The number of rotatable bonds is 6. The molecule has 1 aliphatic rings. The number of hydrogen-bond donors (Lipinski definition) is 3. The highest BCUT2D eigenvalue weighted by atomic mass is 32.1. The van der Waals surface area contributed by atoms with Crippen molar-refractivity contribution < 1.29 is 9.50 Å². The van der Waals surface area contributed by atoms with Crippen LogP contribution in [0.15, 0.2) is 66.0 Å². The molecule has 3 aromatic heterocycles. The van der Waals surface area contributed by atoms with Crippen molar-refractivity contribution >= 4 is 29.5 Å². The number of hydrogen-bond acceptors (Lipinski definition) is 6. The molecule has 1 fully saturated rings. The van der Waals surface area contributed by atoms with Crippen LogP contribution in [0.1, 0.15) is 28.6 Å². The quantitative estimate of drug-likeness (QED) is 0.260. The van der Waals surface area contributed by atoms with Crippen molar-refractivity contribution in [1.82, 2.24) is 19.9 Å². The maximum atomic E-state index is 13.3. The summed E-state index contributed by atoms with van der Waals surface area (Å²) in [4.78, 5) is 23.4. The molecule has 1 aromatic carbocycles. The van der Waals surface area contributed by atoms with Crippen LogP contribution in [0.2, 0.25) is 0 Å². The lowest BCUT2D eigenvalue weighted by molar-refractivity contribution is 0.101. The van der Waals surface area contributed by atoms with Crippen molar-refractivity contribution in [2.75, 3.05) is 31.1 Å². The molecule has 37 heavy (non-hydrogen) atoms. The predicted molar refractivity (Wildman–Crippen MR) is 145 cm³/mol. The van der Waals surface area contributed by atoms with E-state index in [9.17, 15) is 9.50 Å². The summed E-state index contributed by atoms with van der Waals surface area (Å²) >= 11 is 1.74. The Morgan fingerprint density at radius 2 is 1.81 bits per heavy atom. The summed E-state index contributed by atoms with van der Waals surface area (Å²) in [6.45, 7) is 6.49. The smallest absolute Gasteiger partial charge is 0.225 e. The normalized spacial score (nSPS) is 16.1. The zero-order valence-corrected chi connectivity index (χ0v) is 21.5.